The summed E-state index contributed by atoms with van der Waals surface area (Å²) < 4.78 is 24.4. The lowest BCUT2D eigenvalue weighted by molar-refractivity contribution is 0.0899. The Morgan fingerprint density at radius 3 is 3.00 bits per heavy atom. The van der Waals surface area contributed by atoms with Crippen LogP contribution in [0.15, 0.2) is 18.2 Å². The summed E-state index contributed by atoms with van der Waals surface area (Å²) in [6.45, 7) is 4.45. The summed E-state index contributed by atoms with van der Waals surface area (Å²) in [7, 11) is 0. The normalized spacial score (nSPS) is 17.5. The van der Waals surface area contributed by atoms with Gasteiger partial charge in [-0.3, -0.25) is 0 Å². The van der Waals surface area contributed by atoms with Gasteiger partial charge in [0.2, 0.25) is 0 Å². The quantitative estimate of drug-likeness (QED) is 0.770. The monoisotopic (exact) mass is 267 g/mol. The van der Waals surface area contributed by atoms with Crippen molar-refractivity contribution in [2.24, 2.45) is 0 Å². The number of hydrogen-bond acceptors (Lipinski definition) is 3. The molecule has 3 nitrogen and oxygen atoms in total. The molecule has 1 aliphatic rings. The smallest absolute Gasteiger partial charge is 0.164 e. The molecule has 0 fully saturated rings. The highest BCUT2D eigenvalue weighted by molar-refractivity contribution is 5.41. The van der Waals surface area contributed by atoms with E-state index in [4.69, 9.17) is 9.47 Å². The van der Waals surface area contributed by atoms with Gasteiger partial charge < -0.3 is 14.8 Å². The summed E-state index contributed by atoms with van der Waals surface area (Å²) in [5.41, 5.74) is 0. The van der Waals surface area contributed by atoms with Gasteiger partial charge in [-0.1, -0.05) is 26.2 Å². The molecule has 2 rings (SSSR count). The number of ether oxygens (including phenoxy) is 2. The first kappa shape index (κ1) is 14.1. The van der Waals surface area contributed by atoms with Crippen molar-refractivity contribution in [3.8, 4) is 11.5 Å². The first-order chi connectivity index (χ1) is 9.29. The molecule has 1 aromatic rings. The molecule has 0 saturated carbocycles. The number of nitrogens with one attached hydrogen (secondary N) is 1. The predicted octanol–water partition coefficient (Wildman–Crippen LogP) is 3.14. The zero-order chi connectivity index (χ0) is 13.5. The Kier molecular flexibility index (Phi) is 5.45. The van der Waals surface area contributed by atoms with E-state index in [0.29, 0.717) is 18.1 Å². The number of unbranched alkanes of at least 4 members (excludes halogenated alkanes) is 3. The lowest BCUT2D eigenvalue weighted by Gasteiger charge is -2.26. The molecular formula is C15H22FNO2. The van der Waals surface area contributed by atoms with Crippen molar-refractivity contribution in [3.05, 3.63) is 24.0 Å². The van der Waals surface area contributed by atoms with Crippen LogP contribution in [0.2, 0.25) is 0 Å². The molecule has 1 aliphatic heterocycles. The molecule has 0 radical (unpaired) electrons. The van der Waals surface area contributed by atoms with E-state index in [9.17, 15) is 4.39 Å². The molecule has 106 valence electrons. The van der Waals surface area contributed by atoms with Gasteiger partial charge in [-0.2, -0.15) is 0 Å². The van der Waals surface area contributed by atoms with E-state index in [-0.39, 0.29) is 11.9 Å². The van der Waals surface area contributed by atoms with Gasteiger partial charge in [-0.25, -0.2) is 4.39 Å². The van der Waals surface area contributed by atoms with Crippen LogP contribution in [0.1, 0.15) is 32.6 Å². The summed E-state index contributed by atoms with van der Waals surface area (Å²) in [4.78, 5) is 0. The number of benzene rings is 1. The molecule has 4 heteroatoms. The highest BCUT2D eigenvalue weighted by Crippen LogP contribution is 2.31. The van der Waals surface area contributed by atoms with Crippen LogP contribution in [0.3, 0.4) is 0 Å². The third kappa shape index (κ3) is 4.39. The standard InChI is InChI=1S/C15H22FNO2/c1-2-3-4-5-8-17-10-13-11-18-14-7-6-12(16)9-15(14)19-13/h6-7,9,13,17H,2-5,8,10-11H2,1H3. The van der Waals surface area contributed by atoms with E-state index in [1.807, 2.05) is 0 Å². The van der Waals surface area contributed by atoms with Gasteiger partial charge in [0, 0.05) is 12.6 Å². The topological polar surface area (TPSA) is 30.5 Å². The second-order valence-electron chi connectivity index (χ2n) is 4.91. The van der Waals surface area contributed by atoms with Gasteiger partial charge in [0.15, 0.2) is 11.5 Å². The highest BCUT2D eigenvalue weighted by Gasteiger charge is 2.20. The van der Waals surface area contributed by atoms with E-state index in [2.05, 4.69) is 12.2 Å². The van der Waals surface area contributed by atoms with E-state index in [1.165, 1.54) is 37.8 Å². The molecule has 0 aromatic heterocycles. The number of rotatable bonds is 7. The van der Waals surface area contributed by atoms with Gasteiger partial charge >= 0.3 is 0 Å². The Balaban J connectivity index is 1.70. The maximum Gasteiger partial charge on any atom is 0.164 e. The average molecular weight is 267 g/mol. The average Bonchev–Trinajstić information content (AvgIpc) is 2.42. The minimum Gasteiger partial charge on any atom is -0.486 e. The molecule has 1 unspecified atom stereocenters. The third-order valence-electron chi connectivity index (χ3n) is 3.20. The molecule has 0 spiro atoms. The molecule has 1 N–H and O–H groups in total. The molecule has 1 atom stereocenters. The Bertz CT molecular complexity index is 398. The second-order valence-corrected chi connectivity index (χ2v) is 4.91. The van der Waals surface area contributed by atoms with E-state index < -0.39 is 0 Å². The Morgan fingerprint density at radius 2 is 2.16 bits per heavy atom. The van der Waals surface area contributed by atoms with Crippen LogP contribution >= 0.6 is 0 Å². The molecular weight excluding hydrogens is 245 g/mol. The summed E-state index contributed by atoms with van der Waals surface area (Å²) in [5.74, 6) is 0.833. The third-order valence-corrected chi connectivity index (χ3v) is 3.20. The van der Waals surface area contributed by atoms with Crippen molar-refractivity contribution in [2.45, 2.75) is 38.7 Å². The summed E-state index contributed by atoms with van der Waals surface area (Å²) in [6.07, 6.45) is 4.95. The molecule has 1 aromatic carbocycles. The molecule has 0 amide bonds. The van der Waals surface area contributed by atoms with Gasteiger partial charge in [-0.05, 0) is 25.1 Å². The SMILES string of the molecule is CCCCCCNCC1COc2ccc(F)cc2O1. The predicted molar refractivity (Wildman–Crippen MR) is 73.3 cm³/mol. The highest BCUT2D eigenvalue weighted by atomic mass is 19.1. The van der Waals surface area contributed by atoms with Crippen LogP contribution in [0, 0.1) is 5.82 Å². The fourth-order valence-electron chi connectivity index (χ4n) is 2.13. The van der Waals surface area contributed by atoms with Crippen LogP contribution in [0.5, 0.6) is 11.5 Å². The largest absolute Gasteiger partial charge is 0.486 e. The van der Waals surface area contributed by atoms with Crippen LogP contribution in [-0.4, -0.2) is 25.8 Å². The van der Waals surface area contributed by atoms with E-state index in [0.717, 1.165) is 13.1 Å². The molecule has 19 heavy (non-hydrogen) atoms. The van der Waals surface area contributed by atoms with Crippen molar-refractivity contribution < 1.29 is 13.9 Å². The van der Waals surface area contributed by atoms with E-state index in [1.54, 1.807) is 6.07 Å². The van der Waals surface area contributed by atoms with Gasteiger partial charge in [-0.15, -0.1) is 0 Å². The number of halogens is 1. The van der Waals surface area contributed by atoms with Crippen molar-refractivity contribution in [2.75, 3.05) is 19.7 Å². The first-order valence-corrected chi connectivity index (χ1v) is 7.09. The lowest BCUT2D eigenvalue weighted by Crippen LogP contribution is -2.38. The summed E-state index contributed by atoms with van der Waals surface area (Å²) >= 11 is 0. The van der Waals surface area contributed by atoms with Crippen LogP contribution in [-0.2, 0) is 0 Å². The first-order valence-electron chi connectivity index (χ1n) is 7.09. The Labute approximate surface area is 114 Å². The molecule has 1 heterocycles. The van der Waals surface area contributed by atoms with Crippen molar-refractivity contribution >= 4 is 0 Å². The molecule has 0 bridgehead atoms. The maximum atomic E-state index is 13.1. The summed E-state index contributed by atoms with van der Waals surface area (Å²) in [6, 6.07) is 4.37. The van der Waals surface area contributed by atoms with Crippen molar-refractivity contribution in [3.63, 3.8) is 0 Å². The minimum atomic E-state index is -0.296. The van der Waals surface area contributed by atoms with Gasteiger partial charge in [0.05, 0.1) is 0 Å². The lowest BCUT2D eigenvalue weighted by atomic mass is 10.2. The van der Waals surface area contributed by atoms with Gasteiger partial charge in [0.1, 0.15) is 18.5 Å². The van der Waals surface area contributed by atoms with Crippen LogP contribution in [0.4, 0.5) is 4.39 Å². The second kappa shape index (κ2) is 7.34. The number of fused-ring (bicyclic) bond motifs is 1. The molecule has 0 saturated heterocycles. The molecule has 0 aliphatic carbocycles. The fraction of sp³-hybridized carbons (Fsp3) is 0.600. The zero-order valence-corrected chi connectivity index (χ0v) is 11.5. The van der Waals surface area contributed by atoms with Crippen molar-refractivity contribution in [1.29, 1.82) is 0 Å². The maximum absolute atomic E-state index is 13.1. The van der Waals surface area contributed by atoms with E-state index >= 15 is 0 Å². The Morgan fingerprint density at radius 1 is 1.26 bits per heavy atom. The Hall–Kier alpha value is -1.29. The fourth-order valence-corrected chi connectivity index (χ4v) is 2.13. The van der Waals surface area contributed by atoms with Crippen molar-refractivity contribution in [1.82, 2.24) is 5.32 Å². The minimum absolute atomic E-state index is 0.0412. The number of hydrogen-bond donors (Lipinski definition) is 1. The summed E-state index contributed by atoms with van der Waals surface area (Å²) in [5, 5.41) is 3.36. The van der Waals surface area contributed by atoms with Gasteiger partial charge in [0.25, 0.3) is 0 Å². The van der Waals surface area contributed by atoms with Crippen LogP contribution < -0.4 is 14.8 Å². The zero-order valence-electron chi connectivity index (χ0n) is 11.5. The van der Waals surface area contributed by atoms with Crippen LogP contribution in [0.25, 0.3) is 0 Å².